The summed E-state index contributed by atoms with van der Waals surface area (Å²) in [7, 11) is 0. The van der Waals surface area contributed by atoms with Crippen molar-refractivity contribution in [1.82, 2.24) is 10.2 Å². The lowest BCUT2D eigenvalue weighted by Gasteiger charge is -2.33. The molecule has 0 unspecified atom stereocenters. The van der Waals surface area contributed by atoms with Gasteiger partial charge in [-0.25, -0.2) is 4.39 Å². The highest BCUT2D eigenvalue weighted by atomic mass is 19.1. The molecule has 4 nitrogen and oxygen atoms in total. The van der Waals surface area contributed by atoms with Crippen molar-refractivity contribution in [1.29, 1.82) is 0 Å². The van der Waals surface area contributed by atoms with Gasteiger partial charge in [-0.3, -0.25) is 4.79 Å². The van der Waals surface area contributed by atoms with Crippen LogP contribution in [0.1, 0.15) is 32.8 Å². The number of ether oxygens (including phenoxy) is 1. The van der Waals surface area contributed by atoms with Crippen molar-refractivity contribution in [2.45, 2.75) is 38.6 Å². The molecule has 1 atom stereocenters. The quantitative estimate of drug-likeness (QED) is 0.874. The van der Waals surface area contributed by atoms with Gasteiger partial charge < -0.3 is 15.0 Å². The molecule has 5 heteroatoms. The molecule has 1 amide bonds. The zero-order valence-corrected chi connectivity index (χ0v) is 14.3. The molecule has 0 aromatic heterocycles. The van der Waals surface area contributed by atoms with E-state index in [1.54, 1.807) is 0 Å². The zero-order valence-electron chi connectivity index (χ0n) is 14.3. The van der Waals surface area contributed by atoms with Crippen molar-refractivity contribution in [3.63, 3.8) is 0 Å². The first kappa shape index (κ1) is 17.9. The van der Waals surface area contributed by atoms with Crippen LogP contribution >= 0.6 is 0 Å². The molecule has 0 bridgehead atoms. The van der Waals surface area contributed by atoms with Gasteiger partial charge in [0, 0.05) is 37.5 Å². The smallest absolute Gasteiger partial charge is 0.224 e. The fourth-order valence-electron chi connectivity index (χ4n) is 2.75. The van der Waals surface area contributed by atoms with Gasteiger partial charge in [-0.05, 0) is 24.6 Å². The largest absolute Gasteiger partial charge is 0.378 e. The Labute approximate surface area is 138 Å². The Morgan fingerprint density at radius 2 is 1.91 bits per heavy atom. The fourth-order valence-corrected chi connectivity index (χ4v) is 2.75. The van der Waals surface area contributed by atoms with Gasteiger partial charge in [0.2, 0.25) is 5.91 Å². The van der Waals surface area contributed by atoms with Crippen LogP contribution < -0.4 is 5.32 Å². The topological polar surface area (TPSA) is 41.6 Å². The average Bonchev–Trinajstić information content (AvgIpc) is 2.55. The highest BCUT2D eigenvalue weighted by molar-refractivity contribution is 5.76. The number of rotatable bonds is 6. The summed E-state index contributed by atoms with van der Waals surface area (Å²) in [5.74, 6) is -0.0474. The highest BCUT2D eigenvalue weighted by Crippen LogP contribution is 2.27. The Kier molecular flexibility index (Phi) is 6.13. The summed E-state index contributed by atoms with van der Waals surface area (Å²) in [5.41, 5.74) is 0.939. The number of morpholine rings is 1. The van der Waals surface area contributed by atoms with Crippen LogP contribution in [0.4, 0.5) is 4.39 Å². The Bertz CT molecular complexity index is 510. The Morgan fingerprint density at radius 1 is 1.30 bits per heavy atom. The van der Waals surface area contributed by atoms with Crippen LogP contribution in [0.3, 0.4) is 0 Å². The lowest BCUT2D eigenvalue weighted by Crippen LogP contribution is -2.45. The maximum atomic E-state index is 13.1. The van der Waals surface area contributed by atoms with Crippen LogP contribution in [-0.2, 0) is 14.9 Å². The molecule has 1 heterocycles. The van der Waals surface area contributed by atoms with Crippen LogP contribution in [0.5, 0.6) is 0 Å². The third-order valence-electron chi connectivity index (χ3n) is 4.82. The molecule has 1 aliphatic heterocycles. The van der Waals surface area contributed by atoms with E-state index in [-0.39, 0.29) is 23.2 Å². The number of carbonyl (C=O) groups is 1. The average molecular weight is 322 g/mol. The minimum Gasteiger partial charge on any atom is -0.378 e. The van der Waals surface area contributed by atoms with Gasteiger partial charge >= 0.3 is 0 Å². The predicted molar refractivity (Wildman–Crippen MR) is 88.9 cm³/mol. The monoisotopic (exact) mass is 322 g/mol. The van der Waals surface area contributed by atoms with Crippen molar-refractivity contribution in [2.75, 3.05) is 32.8 Å². The molecule has 1 aromatic carbocycles. The first-order chi connectivity index (χ1) is 10.9. The molecule has 1 aromatic rings. The summed E-state index contributed by atoms with van der Waals surface area (Å²) in [4.78, 5) is 14.0. The molecular formula is C18H27FN2O2. The summed E-state index contributed by atoms with van der Waals surface area (Å²) in [6.45, 7) is 9.64. The second-order valence-corrected chi connectivity index (χ2v) is 6.65. The number of halogens is 1. The summed E-state index contributed by atoms with van der Waals surface area (Å²) in [6, 6.07) is 6.81. The van der Waals surface area contributed by atoms with E-state index in [1.807, 2.05) is 17.0 Å². The molecule has 0 saturated carbocycles. The predicted octanol–water partition coefficient (Wildman–Crippen LogP) is 2.33. The summed E-state index contributed by atoms with van der Waals surface area (Å²) >= 11 is 0. The molecular weight excluding hydrogens is 295 g/mol. The van der Waals surface area contributed by atoms with Crippen LogP contribution in [0.2, 0.25) is 0 Å². The lowest BCUT2D eigenvalue weighted by atomic mass is 9.78. The van der Waals surface area contributed by atoms with Gasteiger partial charge in [0.15, 0.2) is 0 Å². The van der Waals surface area contributed by atoms with E-state index >= 15 is 0 Å². The molecule has 1 fully saturated rings. The molecule has 0 spiro atoms. The van der Waals surface area contributed by atoms with Crippen molar-refractivity contribution in [3.8, 4) is 0 Å². The maximum Gasteiger partial charge on any atom is 0.224 e. The van der Waals surface area contributed by atoms with E-state index in [4.69, 9.17) is 4.74 Å². The van der Waals surface area contributed by atoms with E-state index in [9.17, 15) is 9.18 Å². The fraction of sp³-hybridized carbons (Fsp3) is 0.611. The van der Waals surface area contributed by atoms with Gasteiger partial charge in [-0.1, -0.05) is 26.0 Å². The Morgan fingerprint density at radius 3 is 2.52 bits per heavy atom. The van der Waals surface area contributed by atoms with E-state index in [2.05, 4.69) is 26.1 Å². The molecule has 1 aliphatic rings. The van der Waals surface area contributed by atoms with Gasteiger partial charge in [-0.15, -0.1) is 0 Å². The molecule has 128 valence electrons. The molecule has 0 aliphatic carbocycles. The lowest BCUT2D eigenvalue weighted by molar-refractivity contribution is -0.135. The Balaban J connectivity index is 1.82. The second-order valence-electron chi connectivity index (χ2n) is 6.65. The molecule has 2 rings (SSSR count). The number of carbonyl (C=O) groups excluding carboxylic acids is 1. The molecule has 23 heavy (non-hydrogen) atoms. The van der Waals surface area contributed by atoms with Gasteiger partial charge in [0.25, 0.3) is 0 Å². The molecule has 1 saturated heterocycles. The first-order valence-corrected chi connectivity index (χ1v) is 8.26. The summed E-state index contributed by atoms with van der Waals surface area (Å²) in [6.07, 6.45) is 0.490. The third-order valence-corrected chi connectivity index (χ3v) is 4.82. The second kappa shape index (κ2) is 7.88. The van der Waals surface area contributed by atoms with Gasteiger partial charge in [0.05, 0.1) is 13.2 Å². The third kappa shape index (κ3) is 4.75. The van der Waals surface area contributed by atoms with E-state index in [1.165, 1.54) is 12.1 Å². The SMILES string of the molecule is C[C@@H](NCCC(=O)N1CCOCC1)C(C)(C)c1ccc(F)cc1. The number of hydrogen-bond acceptors (Lipinski definition) is 3. The Hall–Kier alpha value is -1.46. The van der Waals surface area contributed by atoms with Gasteiger partial charge in [-0.2, -0.15) is 0 Å². The van der Waals surface area contributed by atoms with Crippen molar-refractivity contribution < 1.29 is 13.9 Å². The number of nitrogens with zero attached hydrogens (tertiary/aromatic N) is 1. The van der Waals surface area contributed by atoms with Crippen LogP contribution in [0.15, 0.2) is 24.3 Å². The van der Waals surface area contributed by atoms with Crippen molar-refractivity contribution >= 4 is 5.91 Å². The number of amides is 1. The van der Waals surface area contributed by atoms with Gasteiger partial charge in [0.1, 0.15) is 5.82 Å². The highest BCUT2D eigenvalue weighted by Gasteiger charge is 2.28. The van der Waals surface area contributed by atoms with Crippen LogP contribution in [0.25, 0.3) is 0 Å². The summed E-state index contributed by atoms with van der Waals surface area (Å²) < 4.78 is 18.3. The number of benzene rings is 1. The van der Waals surface area contributed by atoms with Crippen LogP contribution in [0, 0.1) is 5.82 Å². The van der Waals surface area contributed by atoms with Crippen molar-refractivity contribution in [2.24, 2.45) is 0 Å². The summed E-state index contributed by atoms with van der Waals surface area (Å²) in [5, 5.41) is 3.43. The molecule has 0 radical (unpaired) electrons. The number of nitrogens with one attached hydrogen (secondary N) is 1. The van der Waals surface area contributed by atoms with E-state index in [0.29, 0.717) is 39.3 Å². The van der Waals surface area contributed by atoms with E-state index < -0.39 is 0 Å². The normalized spacial score (nSPS) is 17.1. The zero-order chi connectivity index (χ0) is 16.9. The maximum absolute atomic E-state index is 13.1. The van der Waals surface area contributed by atoms with Crippen LogP contribution in [-0.4, -0.2) is 49.7 Å². The standard InChI is InChI=1S/C18H27FN2O2/c1-14(18(2,3)15-4-6-16(19)7-5-15)20-9-8-17(22)21-10-12-23-13-11-21/h4-7,14,20H,8-13H2,1-3H3/t14-/m1/s1. The minimum atomic E-state index is -0.221. The molecule has 1 N–H and O–H groups in total. The van der Waals surface area contributed by atoms with Crippen molar-refractivity contribution in [3.05, 3.63) is 35.6 Å². The first-order valence-electron chi connectivity index (χ1n) is 8.26. The minimum absolute atomic E-state index is 0.143. The number of hydrogen-bond donors (Lipinski definition) is 1. The van der Waals surface area contributed by atoms with E-state index in [0.717, 1.165) is 5.56 Å².